The maximum atomic E-state index is 12.4. The average molecular weight is 256 g/mol. The van der Waals surface area contributed by atoms with Crippen molar-refractivity contribution in [1.29, 1.82) is 0 Å². The molecular formula is C13H11F3O2. The van der Waals surface area contributed by atoms with Crippen LogP contribution in [0.5, 0.6) is 5.75 Å². The number of hydrogen-bond donors (Lipinski definition) is 0. The van der Waals surface area contributed by atoms with E-state index in [0.717, 1.165) is 17.9 Å². The van der Waals surface area contributed by atoms with Crippen molar-refractivity contribution in [1.82, 2.24) is 0 Å². The highest BCUT2D eigenvalue weighted by atomic mass is 19.4. The summed E-state index contributed by atoms with van der Waals surface area (Å²) in [6.07, 6.45) is -3.30. The predicted molar refractivity (Wildman–Crippen MR) is 59.5 cm³/mol. The minimum atomic E-state index is -4.36. The molecule has 1 aromatic carbocycles. The van der Waals surface area contributed by atoms with Crippen LogP contribution in [0.3, 0.4) is 0 Å². The van der Waals surface area contributed by atoms with Crippen LogP contribution in [0.4, 0.5) is 13.2 Å². The fourth-order valence-corrected chi connectivity index (χ4v) is 1.57. The van der Waals surface area contributed by atoms with Gasteiger partial charge in [-0.05, 0) is 23.8 Å². The highest BCUT2D eigenvalue weighted by Crippen LogP contribution is 2.31. The first-order valence-corrected chi connectivity index (χ1v) is 5.26. The van der Waals surface area contributed by atoms with Crippen LogP contribution in [-0.4, -0.2) is 7.11 Å². The Morgan fingerprint density at radius 3 is 2.33 bits per heavy atom. The Balaban J connectivity index is 2.11. The number of ether oxygens (including phenoxy) is 1. The van der Waals surface area contributed by atoms with Crippen molar-refractivity contribution < 1.29 is 22.3 Å². The zero-order valence-electron chi connectivity index (χ0n) is 9.62. The number of alkyl halides is 3. The molecule has 5 heteroatoms. The number of hydrogen-bond acceptors (Lipinski definition) is 2. The summed E-state index contributed by atoms with van der Waals surface area (Å²) in [4.78, 5) is 0. The highest BCUT2D eigenvalue weighted by Gasteiger charge is 2.32. The first-order chi connectivity index (χ1) is 8.49. The summed E-state index contributed by atoms with van der Waals surface area (Å²) < 4.78 is 47.0. The van der Waals surface area contributed by atoms with Gasteiger partial charge in [-0.1, -0.05) is 12.1 Å². The summed E-state index contributed by atoms with van der Waals surface area (Å²) in [5.74, 6) is 0.988. The van der Waals surface area contributed by atoms with Gasteiger partial charge in [0.25, 0.3) is 0 Å². The molecule has 0 amide bonds. The van der Waals surface area contributed by atoms with Crippen LogP contribution < -0.4 is 4.74 Å². The Hall–Kier alpha value is -1.91. The number of rotatable bonds is 3. The zero-order chi connectivity index (χ0) is 13.2. The SMILES string of the molecule is COc1ccc(Cc2cc(C(F)(F)F)co2)cc1. The summed E-state index contributed by atoms with van der Waals surface area (Å²) >= 11 is 0. The van der Waals surface area contributed by atoms with Gasteiger partial charge in [0.05, 0.1) is 12.7 Å². The monoisotopic (exact) mass is 256 g/mol. The van der Waals surface area contributed by atoms with Crippen LogP contribution in [0.25, 0.3) is 0 Å². The van der Waals surface area contributed by atoms with Gasteiger partial charge in [0.1, 0.15) is 17.8 Å². The number of benzene rings is 1. The maximum absolute atomic E-state index is 12.4. The van der Waals surface area contributed by atoms with Gasteiger partial charge in [0.2, 0.25) is 0 Å². The van der Waals surface area contributed by atoms with E-state index in [-0.39, 0.29) is 5.76 Å². The quantitative estimate of drug-likeness (QED) is 0.831. The fraction of sp³-hybridized carbons (Fsp3) is 0.231. The molecule has 0 aliphatic rings. The summed E-state index contributed by atoms with van der Waals surface area (Å²) in [7, 11) is 1.55. The molecule has 0 fully saturated rings. The van der Waals surface area contributed by atoms with Crippen LogP contribution in [0.1, 0.15) is 16.9 Å². The Bertz CT molecular complexity index is 512. The standard InChI is InChI=1S/C13H11F3O2/c1-17-11-4-2-9(3-5-11)6-12-7-10(8-18-12)13(14,15)16/h2-5,7-8H,6H2,1H3. The van der Waals surface area contributed by atoms with Gasteiger partial charge < -0.3 is 9.15 Å². The van der Waals surface area contributed by atoms with Gasteiger partial charge in [0, 0.05) is 6.42 Å². The van der Waals surface area contributed by atoms with Gasteiger partial charge in [-0.25, -0.2) is 0 Å². The van der Waals surface area contributed by atoms with Gasteiger partial charge in [0.15, 0.2) is 0 Å². The molecule has 0 aliphatic carbocycles. The second kappa shape index (κ2) is 4.76. The van der Waals surface area contributed by atoms with E-state index >= 15 is 0 Å². The molecule has 0 N–H and O–H groups in total. The molecule has 0 saturated heterocycles. The average Bonchev–Trinajstić information content (AvgIpc) is 2.78. The molecule has 2 aromatic rings. The van der Waals surface area contributed by atoms with Crippen molar-refractivity contribution >= 4 is 0 Å². The maximum Gasteiger partial charge on any atom is 0.419 e. The third-order valence-corrected chi connectivity index (χ3v) is 2.52. The first kappa shape index (κ1) is 12.5. The summed E-state index contributed by atoms with van der Waals surface area (Å²) in [5.41, 5.74) is 0.102. The third kappa shape index (κ3) is 2.85. The molecule has 96 valence electrons. The largest absolute Gasteiger partial charge is 0.497 e. The van der Waals surface area contributed by atoms with E-state index in [1.54, 1.807) is 31.4 Å². The third-order valence-electron chi connectivity index (χ3n) is 2.52. The minimum Gasteiger partial charge on any atom is -0.497 e. The molecule has 0 radical (unpaired) electrons. The van der Waals surface area contributed by atoms with Gasteiger partial charge in [-0.3, -0.25) is 0 Å². The Kier molecular flexibility index (Phi) is 3.32. The van der Waals surface area contributed by atoms with Crippen LogP contribution >= 0.6 is 0 Å². The first-order valence-electron chi connectivity index (χ1n) is 5.26. The smallest absolute Gasteiger partial charge is 0.419 e. The van der Waals surface area contributed by atoms with Crippen molar-refractivity contribution in [3.63, 3.8) is 0 Å². The Morgan fingerprint density at radius 1 is 1.17 bits per heavy atom. The fourth-order valence-electron chi connectivity index (χ4n) is 1.57. The molecule has 0 atom stereocenters. The van der Waals surface area contributed by atoms with Crippen LogP contribution in [0, 0.1) is 0 Å². The predicted octanol–water partition coefficient (Wildman–Crippen LogP) is 3.90. The molecule has 18 heavy (non-hydrogen) atoms. The van der Waals surface area contributed by atoms with E-state index in [0.29, 0.717) is 12.2 Å². The lowest BCUT2D eigenvalue weighted by Gasteiger charge is -2.01. The van der Waals surface area contributed by atoms with Crippen molar-refractivity contribution in [2.45, 2.75) is 12.6 Å². The summed E-state index contributed by atoms with van der Waals surface area (Å²) in [6, 6.07) is 8.10. The second-order valence-corrected chi connectivity index (χ2v) is 3.82. The van der Waals surface area contributed by atoms with E-state index in [4.69, 9.17) is 9.15 Å². The van der Waals surface area contributed by atoms with Crippen molar-refractivity contribution in [3.05, 3.63) is 53.5 Å². The molecule has 1 heterocycles. The molecule has 2 rings (SSSR count). The van der Waals surface area contributed by atoms with E-state index < -0.39 is 11.7 Å². The van der Waals surface area contributed by atoms with Crippen molar-refractivity contribution in [3.8, 4) is 5.75 Å². The molecule has 2 nitrogen and oxygen atoms in total. The van der Waals surface area contributed by atoms with Gasteiger partial charge in [-0.15, -0.1) is 0 Å². The second-order valence-electron chi connectivity index (χ2n) is 3.82. The Labute approximate surface area is 102 Å². The van der Waals surface area contributed by atoms with Crippen LogP contribution in [0.15, 0.2) is 41.0 Å². The molecule has 0 spiro atoms. The lowest BCUT2D eigenvalue weighted by atomic mass is 10.1. The molecule has 0 bridgehead atoms. The van der Waals surface area contributed by atoms with Crippen molar-refractivity contribution in [2.75, 3.05) is 7.11 Å². The zero-order valence-corrected chi connectivity index (χ0v) is 9.62. The van der Waals surface area contributed by atoms with E-state index in [2.05, 4.69) is 0 Å². The number of furan rings is 1. The summed E-state index contributed by atoms with van der Waals surface area (Å²) in [5, 5.41) is 0. The lowest BCUT2D eigenvalue weighted by Crippen LogP contribution is -2.02. The van der Waals surface area contributed by atoms with Gasteiger partial charge >= 0.3 is 6.18 Å². The number of halogens is 3. The minimum absolute atomic E-state index is 0.285. The normalized spacial score (nSPS) is 11.6. The Morgan fingerprint density at radius 2 is 1.83 bits per heavy atom. The molecular weight excluding hydrogens is 245 g/mol. The molecule has 0 saturated carbocycles. The topological polar surface area (TPSA) is 22.4 Å². The highest BCUT2D eigenvalue weighted by molar-refractivity contribution is 5.30. The van der Waals surface area contributed by atoms with E-state index in [9.17, 15) is 13.2 Å². The van der Waals surface area contributed by atoms with E-state index in [1.165, 1.54) is 0 Å². The van der Waals surface area contributed by atoms with E-state index in [1.807, 2.05) is 0 Å². The molecule has 0 aliphatic heterocycles. The summed E-state index contributed by atoms with van der Waals surface area (Å²) in [6.45, 7) is 0. The van der Waals surface area contributed by atoms with Crippen LogP contribution in [-0.2, 0) is 12.6 Å². The van der Waals surface area contributed by atoms with Crippen molar-refractivity contribution in [2.24, 2.45) is 0 Å². The van der Waals surface area contributed by atoms with Gasteiger partial charge in [-0.2, -0.15) is 13.2 Å². The lowest BCUT2D eigenvalue weighted by molar-refractivity contribution is -0.137. The number of methoxy groups -OCH3 is 1. The van der Waals surface area contributed by atoms with Crippen LogP contribution in [0.2, 0.25) is 0 Å². The molecule has 0 unspecified atom stereocenters. The molecule has 1 aromatic heterocycles.